The highest BCUT2D eigenvalue weighted by atomic mass is 31.2. The average Bonchev–Trinajstić information content (AvgIpc) is 0.782. The Hall–Kier alpha value is -2.90. The van der Waals surface area contributed by atoms with E-state index >= 15 is 0 Å². The maximum atomic E-state index is 14.8. The first-order valence-electron chi connectivity index (χ1n) is 42.0. The summed E-state index contributed by atoms with van der Waals surface area (Å²) in [5.74, 6) is -4.07. The van der Waals surface area contributed by atoms with Gasteiger partial charge in [0.15, 0.2) is 24.8 Å². The van der Waals surface area contributed by atoms with Gasteiger partial charge in [0.05, 0.1) is 57.2 Å². The molecule has 2 aliphatic heterocycles. The van der Waals surface area contributed by atoms with Crippen LogP contribution in [0, 0.1) is 0 Å². The van der Waals surface area contributed by atoms with Crippen LogP contribution in [0.1, 0.15) is 381 Å². The number of nitrogens with one attached hydrogen (secondary N) is 2. The number of phosphoric ester groups is 1. The van der Waals surface area contributed by atoms with E-state index in [1.807, 2.05) is 0 Å². The molecule has 2 fully saturated rings. The predicted octanol–water partition coefficient (Wildman–Crippen LogP) is 15.2. The van der Waals surface area contributed by atoms with Crippen molar-refractivity contribution in [3.63, 3.8) is 0 Å². The molecule has 2 amide bonds. The van der Waals surface area contributed by atoms with Crippen molar-refractivity contribution < 1.29 is 102 Å². The minimum atomic E-state index is -5.55. The minimum Gasteiger partial charge on any atom is -0.462 e. The number of phosphoric acid groups is 1. The predicted molar refractivity (Wildman–Crippen MR) is 405 cm³/mol. The van der Waals surface area contributed by atoms with Crippen molar-refractivity contribution in [3.05, 3.63) is 0 Å². The van der Waals surface area contributed by atoms with Crippen LogP contribution in [0.4, 0.5) is 0 Å². The molecule has 10 N–H and O–H groups in total. The maximum Gasteiger partial charge on any atom is 0.470 e. The average molecular weight is 1510 g/mol. The molecule has 0 aromatic rings. The highest BCUT2D eigenvalue weighted by molar-refractivity contribution is 7.46. The van der Waals surface area contributed by atoms with E-state index in [1.165, 1.54) is 96.3 Å². The first kappa shape index (κ1) is 97.2. The van der Waals surface area contributed by atoms with Crippen LogP contribution in [-0.2, 0) is 61.5 Å². The summed E-state index contributed by atoms with van der Waals surface area (Å²) >= 11 is 0. The van der Waals surface area contributed by atoms with Gasteiger partial charge < -0.3 is 79.5 Å². The van der Waals surface area contributed by atoms with E-state index < -0.39 is 162 Å². The summed E-state index contributed by atoms with van der Waals surface area (Å²) in [4.78, 5) is 90.8. The highest BCUT2D eigenvalue weighted by Crippen LogP contribution is 2.43. The molecule has 0 aromatic carbocycles. The van der Waals surface area contributed by atoms with E-state index in [1.54, 1.807) is 0 Å². The molecule has 0 bridgehead atoms. The Balaban J connectivity index is 2.58. The quantitative estimate of drug-likeness (QED) is 0.0117. The van der Waals surface area contributed by atoms with Crippen LogP contribution in [0.15, 0.2) is 0 Å². The summed E-state index contributed by atoms with van der Waals surface area (Å²) in [6.07, 6.45) is 26.5. The van der Waals surface area contributed by atoms with Crippen LogP contribution in [0.25, 0.3) is 0 Å². The molecule has 2 heterocycles. The second-order valence-electron chi connectivity index (χ2n) is 30.2. The van der Waals surface area contributed by atoms with E-state index in [0.29, 0.717) is 44.9 Å². The van der Waals surface area contributed by atoms with Gasteiger partial charge in [-0.1, -0.05) is 311 Å². The number of amides is 2. The maximum absolute atomic E-state index is 14.8. The number of rotatable bonds is 69. The van der Waals surface area contributed by atoms with Crippen molar-refractivity contribution in [2.45, 2.75) is 467 Å². The zero-order valence-electron chi connectivity index (χ0n) is 65.5. The molecule has 2 saturated heterocycles. The van der Waals surface area contributed by atoms with Crippen molar-refractivity contribution in [1.82, 2.24) is 10.6 Å². The molecule has 0 radical (unpaired) electrons. The van der Waals surface area contributed by atoms with Crippen molar-refractivity contribution in [1.29, 1.82) is 0 Å². The number of carbonyl (C=O) groups is 5. The fourth-order valence-corrected chi connectivity index (χ4v) is 14.7. The molecule has 0 spiro atoms. The lowest BCUT2D eigenvalue weighted by molar-refractivity contribution is -0.298. The third-order valence-corrected chi connectivity index (χ3v) is 20.9. The first-order chi connectivity index (χ1) is 50.2. The summed E-state index contributed by atoms with van der Waals surface area (Å²) < 4.78 is 54.4. The third kappa shape index (κ3) is 48.6. The minimum absolute atomic E-state index is 0.131. The van der Waals surface area contributed by atoms with Gasteiger partial charge in [-0.25, -0.2) is 4.57 Å². The zero-order valence-corrected chi connectivity index (χ0v) is 66.4. The Morgan fingerprint density at radius 3 is 1.14 bits per heavy atom. The molecule has 2 rings (SSSR count). The molecule has 14 atom stereocenters. The molecular weight excluding hydrogens is 1360 g/mol. The third-order valence-electron chi connectivity index (χ3n) is 20.4. The molecule has 24 heteroatoms. The molecule has 612 valence electrons. The van der Waals surface area contributed by atoms with E-state index in [2.05, 4.69) is 45.3 Å². The number of esters is 3. The Bertz CT molecular complexity index is 2180. The van der Waals surface area contributed by atoms with Gasteiger partial charge in [0, 0.05) is 6.42 Å². The smallest absolute Gasteiger partial charge is 0.462 e. The summed E-state index contributed by atoms with van der Waals surface area (Å²) in [5.41, 5.74) is 0. The summed E-state index contributed by atoms with van der Waals surface area (Å²) in [7, 11) is -5.55. The van der Waals surface area contributed by atoms with Crippen LogP contribution < -0.4 is 10.6 Å². The lowest BCUT2D eigenvalue weighted by atomic mass is 9.95. The fourth-order valence-electron chi connectivity index (χ4n) is 14.1. The molecule has 2 aliphatic rings. The van der Waals surface area contributed by atoms with E-state index in [9.17, 15) is 69.0 Å². The number of carbonyl (C=O) groups excluding carboxylic acids is 5. The molecule has 0 aliphatic carbocycles. The molecular formula is C80H151N2O21P. The van der Waals surface area contributed by atoms with Crippen LogP contribution in [0.5, 0.6) is 0 Å². The monoisotopic (exact) mass is 1510 g/mol. The highest BCUT2D eigenvalue weighted by Gasteiger charge is 2.54. The van der Waals surface area contributed by atoms with Crippen LogP contribution in [-0.4, -0.2) is 169 Å². The van der Waals surface area contributed by atoms with Gasteiger partial charge in [0.1, 0.15) is 42.6 Å². The molecule has 4 unspecified atom stereocenters. The molecule has 23 nitrogen and oxygen atoms in total. The Morgan fingerprint density at radius 1 is 0.404 bits per heavy atom. The van der Waals surface area contributed by atoms with Gasteiger partial charge in [-0.15, -0.1) is 0 Å². The number of aliphatic hydroxyl groups excluding tert-OH is 6. The number of hydrogen-bond donors (Lipinski definition) is 10. The first-order valence-corrected chi connectivity index (χ1v) is 43.6. The Morgan fingerprint density at radius 2 is 0.750 bits per heavy atom. The lowest BCUT2D eigenvalue weighted by Gasteiger charge is -2.46. The summed E-state index contributed by atoms with van der Waals surface area (Å²) in [6.45, 7) is 9.03. The van der Waals surface area contributed by atoms with E-state index in [0.717, 1.165) is 161 Å². The van der Waals surface area contributed by atoms with Crippen LogP contribution in [0.2, 0.25) is 0 Å². The number of unbranched alkanes of at least 4 members (excludes halogenated alkanes) is 40. The second kappa shape index (κ2) is 62.8. The van der Waals surface area contributed by atoms with Gasteiger partial charge in [-0.05, 0) is 38.5 Å². The standard InChI is InChI=1S/C80H151N2O21P/c1-6-11-16-21-26-31-36-41-46-51-62(84)56-68(87)81-73-77(101-71(90)57-63(85)52-47-42-37-32-27-22-17-12-7-2)75(92)67(99-79(73)93)61-97-80-74(78(76(66(60-83)100-80)103-104(94,95)96)102-72(91)58-64(86)53-48-43-38-33-28-23-18-13-8-3)82-69(88)59-65(54-49-44-39-34-29-24-19-14-9-4)98-70(89)55-50-45-40-35-30-25-20-15-10-5/h62-67,73-80,83-86,92-93H,6-61H2,1-5H3,(H,81,87)(H,82,88)(H2,94,95,96)/t62?,63?,64?,65?,66-,67-,73-,74-,75-,76-,77-,78-,79-,80-/m1/s1. The summed E-state index contributed by atoms with van der Waals surface area (Å²) in [6, 6.07) is -3.41. The molecule has 104 heavy (non-hydrogen) atoms. The summed E-state index contributed by atoms with van der Waals surface area (Å²) in [5, 5.41) is 73.5. The number of hydrogen-bond acceptors (Lipinski definition) is 19. The van der Waals surface area contributed by atoms with Crippen LogP contribution in [0.3, 0.4) is 0 Å². The number of ether oxygens (including phenoxy) is 6. The SMILES string of the molecule is CCCCCCCCCCCC(=O)OC(CCCCCCCCCCC)CC(=O)N[C@H]1[C@H](OC[C@H]2O[C@@H](O)[C@H](NC(=O)CC(O)CCCCCCCCCCC)[C@@H](OC(=O)CC(O)CCCCCCCCCCC)[C@@H]2O)O[C@H](CO)[C@@H](OP(=O)(O)O)[C@@H]1OC(=O)CC(O)CCCCCCCCCCC. The fraction of sp³-hybridized carbons (Fsp3) is 0.938. The van der Waals surface area contributed by atoms with Crippen molar-refractivity contribution >= 4 is 37.5 Å². The van der Waals surface area contributed by atoms with Crippen molar-refractivity contribution in [2.75, 3.05) is 13.2 Å². The topological polar surface area (TPSA) is 353 Å². The van der Waals surface area contributed by atoms with Crippen molar-refractivity contribution in [2.24, 2.45) is 0 Å². The van der Waals surface area contributed by atoms with Crippen molar-refractivity contribution in [3.8, 4) is 0 Å². The normalized spacial score (nSPS) is 21.8. The Kier molecular flexibility index (Phi) is 58.7. The second-order valence-corrected chi connectivity index (χ2v) is 31.4. The van der Waals surface area contributed by atoms with Gasteiger partial charge >= 0.3 is 25.7 Å². The van der Waals surface area contributed by atoms with Gasteiger partial charge in [-0.2, -0.15) is 0 Å². The van der Waals surface area contributed by atoms with E-state index in [4.69, 9.17) is 32.9 Å². The zero-order chi connectivity index (χ0) is 76.4. The molecule has 0 saturated carbocycles. The Labute approximate surface area is 627 Å². The molecule has 0 aromatic heterocycles. The van der Waals surface area contributed by atoms with Gasteiger partial charge in [0.25, 0.3) is 0 Å². The largest absolute Gasteiger partial charge is 0.470 e. The lowest BCUT2D eigenvalue weighted by Crippen LogP contribution is -2.68. The van der Waals surface area contributed by atoms with Crippen LogP contribution >= 0.6 is 7.82 Å². The van der Waals surface area contributed by atoms with Gasteiger partial charge in [0.2, 0.25) is 11.8 Å². The number of aliphatic hydroxyl groups is 6. The van der Waals surface area contributed by atoms with Gasteiger partial charge in [-0.3, -0.25) is 28.5 Å². The van der Waals surface area contributed by atoms with E-state index in [-0.39, 0.29) is 19.3 Å².